The lowest BCUT2D eigenvalue weighted by Gasteiger charge is -2.28. The summed E-state index contributed by atoms with van der Waals surface area (Å²) in [7, 11) is 0. The van der Waals surface area contributed by atoms with Gasteiger partial charge in [-0.25, -0.2) is 4.39 Å². The molecule has 0 saturated carbocycles. The Kier molecular flexibility index (Phi) is 3.47. The van der Waals surface area contributed by atoms with Crippen LogP contribution in [0, 0.1) is 11.7 Å². The van der Waals surface area contributed by atoms with E-state index in [1.807, 2.05) is 12.1 Å². The second-order valence-electron chi connectivity index (χ2n) is 5.19. The van der Waals surface area contributed by atoms with Crippen LogP contribution in [0.2, 0.25) is 0 Å². The van der Waals surface area contributed by atoms with Crippen LogP contribution in [0.1, 0.15) is 5.56 Å². The Morgan fingerprint density at radius 1 is 1.63 bits per heavy atom. The Hall–Kier alpha value is -0.750. The van der Waals surface area contributed by atoms with Gasteiger partial charge < -0.3 is 4.84 Å². The summed E-state index contributed by atoms with van der Waals surface area (Å²) in [6, 6.07) is 5.07. The first-order valence-corrected chi connectivity index (χ1v) is 7.13. The van der Waals surface area contributed by atoms with Gasteiger partial charge >= 0.3 is 0 Å². The zero-order chi connectivity index (χ0) is 13.5. The summed E-state index contributed by atoms with van der Waals surface area (Å²) in [6.07, 6.45) is 1.88. The molecule has 2 unspecified atom stereocenters. The summed E-state index contributed by atoms with van der Waals surface area (Å²) in [5.74, 6) is 0.0721. The van der Waals surface area contributed by atoms with Gasteiger partial charge in [0.15, 0.2) is 0 Å². The Morgan fingerprint density at radius 3 is 3.26 bits per heavy atom. The highest BCUT2D eigenvalue weighted by molar-refractivity contribution is 9.10. The van der Waals surface area contributed by atoms with Crippen LogP contribution >= 0.6 is 15.9 Å². The molecular formula is C14H16BrFN2O. The van der Waals surface area contributed by atoms with Gasteiger partial charge in [0.2, 0.25) is 0 Å². The number of rotatable bonds is 3. The first-order chi connectivity index (χ1) is 9.15. The summed E-state index contributed by atoms with van der Waals surface area (Å²) in [6.45, 7) is 6.82. The monoisotopic (exact) mass is 326 g/mol. The van der Waals surface area contributed by atoms with Crippen LogP contribution < -0.4 is 5.48 Å². The third-order valence-electron chi connectivity index (χ3n) is 3.98. The van der Waals surface area contributed by atoms with Gasteiger partial charge in [-0.3, -0.25) is 4.90 Å². The predicted molar refractivity (Wildman–Crippen MR) is 75.0 cm³/mol. The second-order valence-corrected chi connectivity index (χ2v) is 6.10. The zero-order valence-corrected chi connectivity index (χ0v) is 12.1. The number of hydrogen-bond acceptors (Lipinski definition) is 3. The van der Waals surface area contributed by atoms with Gasteiger partial charge in [0.25, 0.3) is 0 Å². The van der Waals surface area contributed by atoms with E-state index in [0.717, 1.165) is 24.1 Å². The fraction of sp³-hybridized carbons (Fsp3) is 0.429. The third kappa shape index (κ3) is 2.14. The minimum absolute atomic E-state index is 0.188. The molecule has 0 spiro atoms. The number of hydrogen-bond donors (Lipinski definition) is 1. The highest BCUT2D eigenvalue weighted by atomic mass is 79.9. The van der Waals surface area contributed by atoms with Crippen LogP contribution in [0.3, 0.4) is 0 Å². The molecule has 0 amide bonds. The Balaban J connectivity index is 2.00. The SMILES string of the molecule is C=CCN1CC2CONC2(c2cc(Br)ccc2F)C1. The van der Waals surface area contributed by atoms with Crippen molar-refractivity contribution in [3.05, 3.63) is 46.7 Å². The number of nitrogens with zero attached hydrogens (tertiary/aromatic N) is 1. The molecule has 2 atom stereocenters. The molecule has 1 N–H and O–H groups in total. The summed E-state index contributed by atoms with van der Waals surface area (Å²) >= 11 is 3.42. The molecule has 19 heavy (non-hydrogen) atoms. The third-order valence-corrected chi connectivity index (χ3v) is 4.48. The van der Waals surface area contributed by atoms with Crippen LogP contribution in [0.25, 0.3) is 0 Å². The normalized spacial score (nSPS) is 30.5. The lowest BCUT2D eigenvalue weighted by Crippen LogP contribution is -2.43. The number of halogens is 2. The molecule has 0 radical (unpaired) electrons. The van der Waals surface area contributed by atoms with Gasteiger partial charge in [0.05, 0.1) is 12.1 Å². The minimum Gasteiger partial charge on any atom is -0.300 e. The van der Waals surface area contributed by atoms with E-state index in [1.165, 1.54) is 6.07 Å². The van der Waals surface area contributed by atoms with Crippen molar-refractivity contribution in [1.82, 2.24) is 10.4 Å². The van der Waals surface area contributed by atoms with Crippen molar-refractivity contribution in [2.24, 2.45) is 5.92 Å². The van der Waals surface area contributed by atoms with Crippen molar-refractivity contribution < 1.29 is 9.23 Å². The predicted octanol–water partition coefficient (Wildman–Crippen LogP) is 2.44. The molecular weight excluding hydrogens is 311 g/mol. The molecule has 0 aromatic heterocycles. The zero-order valence-electron chi connectivity index (χ0n) is 10.5. The van der Waals surface area contributed by atoms with Crippen molar-refractivity contribution in [1.29, 1.82) is 0 Å². The molecule has 1 aromatic carbocycles. The molecule has 102 valence electrons. The van der Waals surface area contributed by atoms with E-state index in [9.17, 15) is 4.39 Å². The van der Waals surface area contributed by atoms with Crippen LogP contribution in [0.5, 0.6) is 0 Å². The average molecular weight is 327 g/mol. The quantitative estimate of drug-likeness (QED) is 0.863. The molecule has 2 heterocycles. The van der Waals surface area contributed by atoms with Crippen molar-refractivity contribution in [3.8, 4) is 0 Å². The summed E-state index contributed by atoms with van der Waals surface area (Å²) in [4.78, 5) is 7.68. The number of likely N-dealkylation sites (tertiary alicyclic amines) is 1. The van der Waals surface area contributed by atoms with E-state index in [4.69, 9.17) is 4.84 Å². The molecule has 0 bridgehead atoms. The van der Waals surface area contributed by atoms with Crippen LogP contribution in [0.4, 0.5) is 4.39 Å². The van der Waals surface area contributed by atoms with E-state index in [0.29, 0.717) is 12.2 Å². The van der Waals surface area contributed by atoms with E-state index in [-0.39, 0.29) is 11.7 Å². The number of fused-ring (bicyclic) bond motifs is 1. The lowest BCUT2D eigenvalue weighted by molar-refractivity contribution is 0.0479. The fourth-order valence-corrected chi connectivity index (χ4v) is 3.48. The molecule has 2 saturated heterocycles. The highest BCUT2D eigenvalue weighted by Crippen LogP contribution is 2.42. The van der Waals surface area contributed by atoms with Gasteiger partial charge in [-0.1, -0.05) is 22.0 Å². The largest absolute Gasteiger partial charge is 0.300 e. The summed E-state index contributed by atoms with van der Waals surface area (Å²) < 4.78 is 15.1. The fourth-order valence-electron chi connectivity index (χ4n) is 3.12. The van der Waals surface area contributed by atoms with Crippen LogP contribution in [0.15, 0.2) is 35.3 Å². The van der Waals surface area contributed by atoms with Crippen LogP contribution in [-0.4, -0.2) is 31.1 Å². The average Bonchev–Trinajstić information content (AvgIpc) is 2.90. The summed E-state index contributed by atoms with van der Waals surface area (Å²) in [5.41, 5.74) is 3.30. The maximum absolute atomic E-state index is 14.2. The van der Waals surface area contributed by atoms with Crippen molar-refractivity contribution in [3.63, 3.8) is 0 Å². The first kappa shape index (κ1) is 13.2. The second kappa shape index (κ2) is 4.98. The molecule has 3 rings (SSSR count). The highest BCUT2D eigenvalue weighted by Gasteiger charge is 2.52. The van der Waals surface area contributed by atoms with Gasteiger partial charge in [-0.15, -0.1) is 6.58 Å². The van der Waals surface area contributed by atoms with E-state index < -0.39 is 5.54 Å². The minimum atomic E-state index is -0.448. The lowest BCUT2D eigenvalue weighted by atomic mass is 9.82. The number of nitrogens with one attached hydrogen (secondary N) is 1. The van der Waals surface area contributed by atoms with Gasteiger partial charge in [0, 0.05) is 35.6 Å². The maximum atomic E-state index is 14.2. The number of hydroxylamine groups is 1. The van der Waals surface area contributed by atoms with Crippen molar-refractivity contribution in [2.75, 3.05) is 26.2 Å². The Labute approximate surface area is 120 Å². The number of benzene rings is 1. The van der Waals surface area contributed by atoms with E-state index in [1.54, 1.807) is 6.07 Å². The molecule has 2 aliphatic rings. The molecule has 2 fully saturated rings. The Morgan fingerprint density at radius 2 is 2.47 bits per heavy atom. The van der Waals surface area contributed by atoms with Crippen molar-refractivity contribution in [2.45, 2.75) is 5.54 Å². The van der Waals surface area contributed by atoms with Gasteiger partial charge in [-0.05, 0) is 18.2 Å². The molecule has 3 nitrogen and oxygen atoms in total. The molecule has 1 aromatic rings. The van der Waals surface area contributed by atoms with E-state index >= 15 is 0 Å². The summed E-state index contributed by atoms with van der Waals surface area (Å²) in [5, 5.41) is 0. The topological polar surface area (TPSA) is 24.5 Å². The smallest absolute Gasteiger partial charge is 0.128 e. The first-order valence-electron chi connectivity index (χ1n) is 6.33. The Bertz CT molecular complexity index is 510. The molecule has 5 heteroatoms. The van der Waals surface area contributed by atoms with Gasteiger partial charge in [0.1, 0.15) is 5.82 Å². The standard InChI is InChI=1S/C14H16BrFN2O/c1-2-5-18-7-10-8-19-17-14(10,9-18)12-6-11(15)3-4-13(12)16/h2-4,6,10,17H,1,5,7-9H2. The van der Waals surface area contributed by atoms with Crippen LogP contribution in [-0.2, 0) is 10.4 Å². The van der Waals surface area contributed by atoms with Gasteiger partial charge in [-0.2, -0.15) is 5.48 Å². The maximum Gasteiger partial charge on any atom is 0.128 e. The van der Waals surface area contributed by atoms with Crippen molar-refractivity contribution >= 4 is 15.9 Å². The van der Waals surface area contributed by atoms with E-state index in [2.05, 4.69) is 32.9 Å². The molecule has 0 aliphatic carbocycles. The molecule has 2 aliphatic heterocycles.